The Hall–Kier alpha value is -1.44. The second kappa shape index (κ2) is 5.90. The number of nitrogens with zero attached hydrogens (tertiary/aromatic N) is 2. The van der Waals surface area contributed by atoms with E-state index < -0.39 is 0 Å². The minimum atomic E-state index is -0.155. The third-order valence-corrected chi connectivity index (χ3v) is 3.88. The molecule has 7 nitrogen and oxygen atoms in total. The molecule has 1 N–H and O–H groups in total. The number of rotatable bonds is 3. The molecule has 2 atom stereocenters. The largest absolute Gasteiger partial charge is 0.379 e. The predicted octanol–water partition coefficient (Wildman–Crippen LogP) is -0.188. The van der Waals surface area contributed by atoms with E-state index in [-0.39, 0.29) is 18.0 Å². The van der Waals surface area contributed by atoms with E-state index in [9.17, 15) is 4.79 Å². The number of amides is 1. The van der Waals surface area contributed by atoms with Crippen molar-refractivity contribution >= 4 is 5.91 Å². The minimum Gasteiger partial charge on any atom is -0.379 e. The van der Waals surface area contributed by atoms with Gasteiger partial charge >= 0.3 is 0 Å². The van der Waals surface area contributed by atoms with Gasteiger partial charge in [-0.25, -0.2) is 0 Å². The second-order valence-electron chi connectivity index (χ2n) is 5.13. The molecular weight excluding hydrogens is 262 g/mol. The standard InChI is InChI=1S/C13H19N3O4/c1-9-10(6-14-20-9)13(17)15-11-7-19-8-12(11)16-2-4-18-5-3-16/h6,11-12H,2-5,7-8H2,1H3,(H,15,17)/t11-,12-/m0/s1. The summed E-state index contributed by atoms with van der Waals surface area (Å²) in [4.78, 5) is 14.5. The lowest BCUT2D eigenvalue weighted by molar-refractivity contribution is 0.0108. The predicted molar refractivity (Wildman–Crippen MR) is 69.5 cm³/mol. The van der Waals surface area contributed by atoms with Crippen LogP contribution in [-0.2, 0) is 9.47 Å². The van der Waals surface area contributed by atoms with Crippen molar-refractivity contribution < 1.29 is 18.8 Å². The number of aryl methyl sites for hydroxylation is 1. The van der Waals surface area contributed by atoms with Crippen LogP contribution in [0.15, 0.2) is 10.7 Å². The molecule has 2 fully saturated rings. The number of hydrogen-bond acceptors (Lipinski definition) is 6. The van der Waals surface area contributed by atoms with E-state index in [0.29, 0.717) is 24.5 Å². The Balaban J connectivity index is 1.64. The lowest BCUT2D eigenvalue weighted by Gasteiger charge is -2.34. The average molecular weight is 281 g/mol. The molecular formula is C13H19N3O4. The SMILES string of the molecule is Cc1oncc1C(=O)N[C@H]1COC[C@@H]1N1CCOCC1. The van der Waals surface area contributed by atoms with E-state index >= 15 is 0 Å². The number of carbonyl (C=O) groups excluding carboxylic acids is 1. The van der Waals surface area contributed by atoms with Crippen molar-refractivity contribution in [2.24, 2.45) is 0 Å². The van der Waals surface area contributed by atoms with Crippen LogP contribution in [0.1, 0.15) is 16.1 Å². The van der Waals surface area contributed by atoms with Crippen LogP contribution < -0.4 is 5.32 Å². The zero-order valence-electron chi connectivity index (χ0n) is 11.5. The first-order chi connectivity index (χ1) is 9.75. The number of hydrogen-bond donors (Lipinski definition) is 1. The highest BCUT2D eigenvalue weighted by Crippen LogP contribution is 2.16. The molecule has 0 aliphatic carbocycles. The van der Waals surface area contributed by atoms with E-state index in [0.717, 1.165) is 26.3 Å². The van der Waals surface area contributed by atoms with Gasteiger partial charge in [0.1, 0.15) is 11.3 Å². The smallest absolute Gasteiger partial charge is 0.256 e. The monoisotopic (exact) mass is 281 g/mol. The Morgan fingerprint density at radius 3 is 2.85 bits per heavy atom. The summed E-state index contributed by atoms with van der Waals surface area (Å²) >= 11 is 0. The van der Waals surface area contributed by atoms with Gasteiger partial charge in [-0.15, -0.1) is 0 Å². The molecule has 1 amide bonds. The van der Waals surface area contributed by atoms with Gasteiger partial charge in [-0.2, -0.15) is 0 Å². The van der Waals surface area contributed by atoms with Crippen LogP contribution in [0.2, 0.25) is 0 Å². The number of carbonyl (C=O) groups is 1. The lowest BCUT2D eigenvalue weighted by Crippen LogP contribution is -2.54. The third kappa shape index (κ3) is 2.70. The Morgan fingerprint density at radius 1 is 1.35 bits per heavy atom. The van der Waals surface area contributed by atoms with Crippen LogP contribution in [0.25, 0.3) is 0 Å². The summed E-state index contributed by atoms with van der Waals surface area (Å²) in [7, 11) is 0. The Labute approximate surface area is 117 Å². The summed E-state index contributed by atoms with van der Waals surface area (Å²) < 4.78 is 15.8. The molecule has 3 rings (SSSR count). The van der Waals surface area contributed by atoms with E-state index in [1.807, 2.05) is 0 Å². The van der Waals surface area contributed by atoms with Crippen LogP contribution >= 0.6 is 0 Å². The highest BCUT2D eigenvalue weighted by Gasteiger charge is 2.35. The molecule has 0 unspecified atom stereocenters. The normalized spacial score (nSPS) is 27.6. The molecule has 0 saturated carbocycles. The van der Waals surface area contributed by atoms with E-state index in [4.69, 9.17) is 14.0 Å². The molecule has 20 heavy (non-hydrogen) atoms. The quantitative estimate of drug-likeness (QED) is 0.827. The summed E-state index contributed by atoms with van der Waals surface area (Å²) in [5, 5.41) is 6.66. The van der Waals surface area contributed by atoms with Gasteiger partial charge < -0.3 is 19.3 Å². The molecule has 0 aromatic carbocycles. The molecule has 7 heteroatoms. The number of aromatic nitrogens is 1. The second-order valence-corrected chi connectivity index (χ2v) is 5.13. The maximum absolute atomic E-state index is 12.2. The van der Waals surface area contributed by atoms with E-state index in [1.54, 1.807) is 6.92 Å². The molecule has 110 valence electrons. The molecule has 1 aromatic rings. The van der Waals surface area contributed by atoms with Crippen molar-refractivity contribution in [2.45, 2.75) is 19.0 Å². The van der Waals surface area contributed by atoms with E-state index in [2.05, 4.69) is 15.4 Å². The first-order valence-electron chi connectivity index (χ1n) is 6.87. The summed E-state index contributed by atoms with van der Waals surface area (Å²) in [5.74, 6) is 0.377. The number of morpholine rings is 1. The summed E-state index contributed by atoms with van der Waals surface area (Å²) in [6.07, 6.45) is 1.45. The van der Waals surface area contributed by atoms with Crippen LogP contribution in [0.4, 0.5) is 0 Å². The van der Waals surface area contributed by atoms with Gasteiger partial charge in [-0.1, -0.05) is 5.16 Å². The Bertz CT molecular complexity index is 470. The molecule has 0 bridgehead atoms. The fourth-order valence-electron chi connectivity index (χ4n) is 2.71. The molecule has 0 radical (unpaired) electrons. The zero-order valence-corrected chi connectivity index (χ0v) is 11.5. The van der Waals surface area contributed by atoms with Gasteiger partial charge in [0.05, 0.1) is 44.7 Å². The van der Waals surface area contributed by atoms with Gasteiger partial charge in [0.2, 0.25) is 0 Å². The lowest BCUT2D eigenvalue weighted by atomic mass is 10.1. The minimum absolute atomic E-state index is 0.00472. The maximum atomic E-state index is 12.2. The van der Waals surface area contributed by atoms with E-state index in [1.165, 1.54) is 6.20 Å². The van der Waals surface area contributed by atoms with Crippen LogP contribution in [0.5, 0.6) is 0 Å². The summed E-state index contributed by atoms with van der Waals surface area (Å²) in [6, 6.07) is 0.206. The Morgan fingerprint density at radius 2 is 2.15 bits per heavy atom. The number of ether oxygens (including phenoxy) is 2. The maximum Gasteiger partial charge on any atom is 0.256 e. The highest BCUT2D eigenvalue weighted by atomic mass is 16.5. The molecule has 0 spiro atoms. The van der Waals surface area contributed by atoms with Crippen molar-refractivity contribution in [3.8, 4) is 0 Å². The molecule has 1 aromatic heterocycles. The van der Waals surface area contributed by atoms with Gasteiger partial charge in [-0.3, -0.25) is 9.69 Å². The van der Waals surface area contributed by atoms with Crippen molar-refractivity contribution in [3.63, 3.8) is 0 Å². The van der Waals surface area contributed by atoms with Gasteiger partial charge in [0.25, 0.3) is 5.91 Å². The van der Waals surface area contributed by atoms with Crippen molar-refractivity contribution in [1.29, 1.82) is 0 Å². The first kappa shape index (κ1) is 13.5. The fraction of sp³-hybridized carbons (Fsp3) is 0.692. The first-order valence-corrected chi connectivity index (χ1v) is 6.87. The van der Waals surface area contributed by atoms with Gasteiger partial charge in [-0.05, 0) is 6.92 Å². The molecule has 3 heterocycles. The topological polar surface area (TPSA) is 76.8 Å². The van der Waals surface area contributed by atoms with Crippen molar-refractivity contribution in [3.05, 3.63) is 17.5 Å². The highest BCUT2D eigenvalue weighted by molar-refractivity contribution is 5.95. The van der Waals surface area contributed by atoms with Crippen molar-refractivity contribution in [2.75, 3.05) is 39.5 Å². The average Bonchev–Trinajstić information content (AvgIpc) is 3.08. The summed E-state index contributed by atoms with van der Waals surface area (Å²) in [6.45, 7) is 6.15. The fourth-order valence-corrected chi connectivity index (χ4v) is 2.71. The summed E-state index contributed by atoms with van der Waals surface area (Å²) in [5.41, 5.74) is 0.484. The zero-order chi connectivity index (χ0) is 13.9. The molecule has 2 aliphatic heterocycles. The Kier molecular flexibility index (Phi) is 4.00. The van der Waals surface area contributed by atoms with Crippen LogP contribution in [-0.4, -0.2) is 67.6 Å². The van der Waals surface area contributed by atoms with Gasteiger partial charge in [0, 0.05) is 13.1 Å². The number of nitrogens with one attached hydrogen (secondary N) is 1. The van der Waals surface area contributed by atoms with Crippen LogP contribution in [0.3, 0.4) is 0 Å². The van der Waals surface area contributed by atoms with Crippen molar-refractivity contribution in [1.82, 2.24) is 15.4 Å². The van der Waals surface area contributed by atoms with Gasteiger partial charge in [0.15, 0.2) is 0 Å². The third-order valence-electron chi connectivity index (χ3n) is 3.88. The molecule has 2 saturated heterocycles. The van der Waals surface area contributed by atoms with Crippen LogP contribution in [0, 0.1) is 6.92 Å². The molecule has 2 aliphatic rings.